The van der Waals surface area contributed by atoms with Gasteiger partial charge in [-0.15, -0.1) is 0 Å². The second-order valence-corrected chi connectivity index (χ2v) is 4.31. The zero-order valence-corrected chi connectivity index (χ0v) is 10.4. The lowest BCUT2D eigenvalue weighted by atomic mass is 9.91. The number of hydrogen-bond acceptors (Lipinski definition) is 0. The second kappa shape index (κ2) is 4.63. The Kier molecular flexibility index (Phi) is 3.33. The highest BCUT2D eigenvalue weighted by molar-refractivity contribution is 5.88. The lowest BCUT2D eigenvalue weighted by Crippen LogP contribution is -2.11. The van der Waals surface area contributed by atoms with Crippen molar-refractivity contribution in [2.45, 2.75) is 32.9 Å². The molecule has 0 nitrogen and oxygen atoms in total. The maximum Gasteiger partial charge on any atom is 0.416 e. The Morgan fingerprint density at radius 3 is 2.11 bits per heavy atom. The molecule has 2 aromatic carbocycles. The van der Waals surface area contributed by atoms with E-state index >= 15 is 0 Å². The molecule has 0 bridgehead atoms. The number of benzene rings is 2. The fraction of sp³-hybridized carbons (Fsp3) is 0.333. The van der Waals surface area contributed by atoms with Crippen molar-refractivity contribution in [1.82, 2.24) is 0 Å². The number of rotatable bonds is 2. The predicted octanol–water partition coefficient (Wildman–Crippen LogP) is 4.98. The molecule has 0 aromatic heterocycles. The average Bonchev–Trinajstić information content (AvgIpc) is 2.35. The van der Waals surface area contributed by atoms with Gasteiger partial charge in [0, 0.05) is 0 Å². The van der Waals surface area contributed by atoms with Crippen LogP contribution in [0.25, 0.3) is 10.8 Å². The number of halogens is 3. The number of aryl methyl sites for hydroxylation is 1. The van der Waals surface area contributed by atoms with Gasteiger partial charge in [0.05, 0.1) is 5.56 Å². The summed E-state index contributed by atoms with van der Waals surface area (Å²) in [5.74, 6) is 0. The standard InChI is InChI=1S/C15H15F3/c1-3-11-12(4-2)14(15(16,17)18)9-10-7-5-6-8-13(10)11/h5-9H,3-4H2,1-2H3. The molecule has 0 saturated heterocycles. The van der Waals surface area contributed by atoms with Crippen molar-refractivity contribution in [2.75, 3.05) is 0 Å². The molecule has 0 atom stereocenters. The maximum absolute atomic E-state index is 13.1. The molecular weight excluding hydrogens is 237 g/mol. The summed E-state index contributed by atoms with van der Waals surface area (Å²) in [5, 5.41) is 1.60. The maximum atomic E-state index is 13.1. The molecule has 2 rings (SSSR count). The van der Waals surface area contributed by atoms with E-state index in [1.165, 1.54) is 6.07 Å². The van der Waals surface area contributed by atoms with Crippen LogP contribution >= 0.6 is 0 Å². The Bertz CT molecular complexity index is 568. The molecule has 0 fully saturated rings. The quantitative estimate of drug-likeness (QED) is 0.706. The highest BCUT2D eigenvalue weighted by atomic mass is 19.4. The van der Waals surface area contributed by atoms with Crippen LogP contribution in [0.5, 0.6) is 0 Å². The summed E-state index contributed by atoms with van der Waals surface area (Å²) in [6.45, 7) is 3.68. The molecule has 0 aliphatic heterocycles. The summed E-state index contributed by atoms with van der Waals surface area (Å²) in [5.41, 5.74) is 0.771. The van der Waals surface area contributed by atoms with Crippen molar-refractivity contribution in [3.05, 3.63) is 47.0 Å². The minimum atomic E-state index is -4.28. The van der Waals surface area contributed by atoms with Gasteiger partial charge in [-0.3, -0.25) is 0 Å². The molecule has 0 N–H and O–H groups in total. The average molecular weight is 252 g/mol. The largest absolute Gasteiger partial charge is 0.416 e. The molecule has 0 spiro atoms. The zero-order chi connectivity index (χ0) is 13.3. The normalized spacial score (nSPS) is 12.1. The lowest BCUT2D eigenvalue weighted by molar-refractivity contribution is -0.138. The summed E-state index contributed by atoms with van der Waals surface area (Å²) >= 11 is 0. The molecule has 18 heavy (non-hydrogen) atoms. The van der Waals surface area contributed by atoms with E-state index in [9.17, 15) is 13.2 Å². The minimum absolute atomic E-state index is 0.406. The molecule has 0 heterocycles. The van der Waals surface area contributed by atoms with Crippen LogP contribution in [-0.4, -0.2) is 0 Å². The van der Waals surface area contributed by atoms with Gasteiger partial charge in [-0.05, 0) is 40.8 Å². The molecule has 3 heteroatoms. The molecule has 0 unspecified atom stereocenters. The van der Waals surface area contributed by atoms with Crippen LogP contribution in [0.1, 0.15) is 30.5 Å². The molecular formula is C15H15F3. The van der Waals surface area contributed by atoms with Gasteiger partial charge in [0.15, 0.2) is 0 Å². The summed E-state index contributed by atoms with van der Waals surface area (Å²) < 4.78 is 39.2. The van der Waals surface area contributed by atoms with E-state index in [1.807, 2.05) is 19.1 Å². The van der Waals surface area contributed by atoms with Gasteiger partial charge < -0.3 is 0 Å². The van der Waals surface area contributed by atoms with Crippen LogP contribution in [0.15, 0.2) is 30.3 Å². The van der Waals surface area contributed by atoms with Crippen LogP contribution in [0.4, 0.5) is 13.2 Å². The van der Waals surface area contributed by atoms with Gasteiger partial charge in [-0.1, -0.05) is 38.1 Å². The molecule has 0 aliphatic rings. The van der Waals surface area contributed by atoms with Crippen LogP contribution < -0.4 is 0 Å². The van der Waals surface area contributed by atoms with Crippen molar-refractivity contribution >= 4 is 10.8 Å². The summed E-state index contributed by atoms with van der Waals surface area (Å²) in [6.07, 6.45) is -3.25. The first kappa shape index (κ1) is 12.9. The van der Waals surface area contributed by atoms with E-state index in [4.69, 9.17) is 0 Å². The van der Waals surface area contributed by atoms with Gasteiger partial charge in [0.2, 0.25) is 0 Å². The summed E-state index contributed by atoms with van der Waals surface area (Å²) in [7, 11) is 0. The smallest absolute Gasteiger partial charge is 0.166 e. The first-order valence-electron chi connectivity index (χ1n) is 6.09. The van der Waals surface area contributed by atoms with Gasteiger partial charge in [-0.25, -0.2) is 0 Å². The molecule has 0 saturated carbocycles. The topological polar surface area (TPSA) is 0 Å². The lowest BCUT2D eigenvalue weighted by Gasteiger charge is -2.18. The van der Waals surface area contributed by atoms with E-state index in [0.29, 0.717) is 23.8 Å². The first-order valence-corrected chi connectivity index (χ1v) is 6.09. The van der Waals surface area contributed by atoms with Crippen molar-refractivity contribution < 1.29 is 13.2 Å². The van der Waals surface area contributed by atoms with Crippen LogP contribution in [0, 0.1) is 0 Å². The Morgan fingerprint density at radius 1 is 0.944 bits per heavy atom. The van der Waals surface area contributed by atoms with Gasteiger partial charge >= 0.3 is 6.18 Å². The second-order valence-electron chi connectivity index (χ2n) is 4.31. The van der Waals surface area contributed by atoms with Gasteiger partial charge in [0.1, 0.15) is 0 Å². The molecule has 0 radical (unpaired) electrons. The van der Waals surface area contributed by atoms with Crippen LogP contribution in [0.3, 0.4) is 0 Å². The third-order valence-electron chi connectivity index (χ3n) is 3.29. The SMILES string of the molecule is CCc1c(C(F)(F)F)cc2ccccc2c1CC. The zero-order valence-electron chi connectivity index (χ0n) is 10.4. The monoisotopic (exact) mass is 252 g/mol. The van der Waals surface area contributed by atoms with Crippen LogP contribution in [-0.2, 0) is 19.0 Å². The molecule has 2 aromatic rings. The van der Waals surface area contributed by atoms with E-state index in [2.05, 4.69) is 0 Å². The van der Waals surface area contributed by atoms with E-state index in [0.717, 1.165) is 10.9 Å². The van der Waals surface area contributed by atoms with Gasteiger partial charge in [0.25, 0.3) is 0 Å². The van der Waals surface area contributed by atoms with Crippen molar-refractivity contribution in [3.63, 3.8) is 0 Å². The highest BCUT2D eigenvalue weighted by Crippen LogP contribution is 2.37. The fourth-order valence-electron chi connectivity index (χ4n) is 2.53. The third-order valence-corrected chi connectivity index (χ3v) is 3.29. The molecule has 0 aliphatic carbocycles. The van der Waals surface area contributed by atoms with E-state index in [-0.39, 0.29) is 0 Å². The Morgan fingerprint density at radius 2 is 1.56 bits per heavy atom. The van der Waals surface area contributed by atoms with Gasteiger partial charge in [-0.2, -0.15) is 13.2 Å². The van der Waals surface area contributed by atoms with E-state index in [1.54, 1.807) is 19.1 Å². The number of hydrogen-bond donors (Lipinski definition) is 0. The Labute approximate surface area is 104 Å². The van der Waals surface area contributed by atoms with Crippen molar-refractivity contribution in [1.29, 1.82) is 0 Å². The summed E-state index contributed by atoms with van der Waals surface area (Å²) in [6, 6.07) is 8.55. The van der Waals surface area contributed by atoms with Crippen molar-refractivity contribution in [3.8, 4) is 0 Å². The summed E-state index contributed by atoms with van der Waals surface area (Å²) in [4.78, 5) is 0. The predicted molar refractivity (Wildman–Crippen MR) is 67.7 cm³/mol. The molecule has 0 amide bonds. The highest BCUT2D eigenvalue weighted by Gasteiger charge is 2.34. The molecule has 96 valence electrons. The van der Waals surface area contributed by atoms with Crippen molar-refractivity contribution in [2.24, 2.45) is 0 Å². The number of alkyl halides is 3. The number of fused-ring (bicyclic) bond motifs is 1. The van der Waals surface area contributed by atoms with Crippen LogP contribution in [0.2, 0.25) is 0 Å². The van der Waals surface area contributed by atoms with E-state index < -0.39 is 11.7 Å². The Balaban J connectivity index is 2.87. The Hall–Kier alpha value is -1.51. The fourth-order valence-corrected chi connectivity index (χ4v) is 2.53. The first-order chi connectivity index (χ1) is 8.49. The minimum Gasteiger partial charge on any atom is -0.166 e. The third kappa shape index (κ3) is 2.09.